The summed E-state index contributed by atoms with van der Waals surface area (Å²) >= 11 is 2.63. The highest BCUT2D eigenvalue weighted by Gasteiger charge is 2.19. The predicted molar refractivity (Wildman–Crippen MR) is 125 cm³/mol. The molecule has 0 unspecified atom stereocenters. The van der Waals surface area contributed by atoms with E-state index in [2.05, 4.69) is 10.3 Å². The summed E-state index contributed by atoms with van der Waals surface area (Å²) in [7, 11) is 0. The van der Waals surface area contributed by atoms with Crippen molar-refractivity contribution in [3.8, 4) is 0 Å². The van der Waals surface area contributed by atoms with E-state index < -0.39 is 10.8 Å². The molecule has 168 valence electrons. The summed E-state index contributed by atoms with van der Waals surface area (Å²) < 4.78 is 11.5. The molecule has 0 aliphatic rings. The number of nitrogens with one attached hydrogen (secondary N) is 1. The van der Waals surface area contributed by atoms with Gasteiger partial charge in [0.05, 0.1) is 29.6 Å². The van der Waals surface area contributed by atoms with Gasteiger partial charge < -0.3 is 14.8 Å². The van der Waals surface area contributed by atoms with Crippen LogP contribution in [0.2, 0.25) is 0 Å². The van der Waals surface area contributed by atoms with E-state index in [1.807, 2.05) is 37.4 Å². The molecule has 0 saturated heterocycles. The highest BCUT2D eigenvalue weighted by Crippen LogP contribution is 2.36. The van der Waals surface area contributed by atoms with Crippen molar-refractivity contribution in [2.24, 2.45) is 0 Å². The lowest BCUT2D eigenvalue weighted by atomic mass is 10.1. The molecule has 3 rings (SSSR count). The monoisotopic (exact) mass is 473 g/mol. The molecule has 1 aromatic heterocycles. The van der Waals surface area contributed by atoms with Gasteiger partial charge in [0.25, 0.3) is 11.6 Å². The molecule has 0 bridgehead atoms. The second-order valence-corrected chi connectivity index (χ2v) is 8.85. The van der Waals surface area contributed by atoms with Crippen molar-refractivity contribution in [3.05, 3.63) is 74.8 Å². The van der Waals surface area contributed by atoms with Crippen LogP contribution < -0.4 is 5.32 Å². The molecular formula is C22H23N3O5S2. The molecular weight excluding hydrogens is 450 g/mol. The topological polar surface area (TPSA) is 104 Å². The van der Waals surface area contributed by atoms with Crippen LogP contribution in [0, 0.1) is 17.0 Å². The zero-order valence-corrected chi connectivity index (χ0v) is 19.3. The van der Waals surface area contributed by atoms with Gasteiger partial charge in [0.1, 0.15) is 0 Å². The molecule has 1 N–H and O–H groups in total. The van der Waals surface area contributed by atoms with Crippen LogP contribution in [0.3, 0.4) is 0 Å². The van der Waals surface area contributed by atoms with Gasteiger partial charge in [-0.25, -0.2) is 4.98 Å². The molecule has 1 heterocycles. The van der Waals surface area contributed by atoms with E-state index in [1.54, 1.807) is 18.2 Å². The number of ether oxygens (including phenoxy) is 2. The normalized spacial score (nSPS) is 10.8. The van der Waals surface area contributed by atoms with E-state index in [-0.39, 0.29) is 11.3 Å². The number of aryl methyl sites for hydroxylation is 1. The molecule has 3 aromatic rings. The first-order chi connectivity index (χ1) is 15.5. The van der Waals surface area contributed by atoms with E-state index in [0.29, 0.717) is 41.4 Å². The molecule has 10 heteroatoms. The molecule has 0 atom stereocenters. The number of rotatable bonds is 11. The molecule has 0 fully saturated rings. The third-order valence-corrected chi connectivity index (χ3v) is 6.36. The van der Waals surface area contributed by atoms with Gasteiger partial charge >= 0.3 is 0 Å². The lowest BCUT2D eigenvalue weighted by Gasteiger charge is -2.09. The third-order valence-electron chi connectivity index (χ3n) is 4.24. The van der Waals surface area contributed by atoms with Gasteiger partial charge in [-0.05, 0) is 43.7 Å². The molecule has 2 aromatic carbocycles. The Bertz CT molecular complexity index is 1090. The zero-order chi connectivity index (χ0) is 22.9. The number of nitro benzene ring substituents is 1. The van der Waals surface area contributed by atoms with E-state index in [0.717, 1.165) is 11.3 Å². The minimum absolute atomic E-state index is 0.132. The number of thiazole rings is 1. The number of nitro groups is 1. The number of hydrogen-bond acceptors (Lipinski definition) is 8. The van der Waals surface area contributed by atoms with Crippen LogP contribution in [0.15, 0.2) is 57.1 Å². The van der Waals surface area contributed by atoms with Crippen molar-refractivity contribution < 1.29 is 19.2 Å². The molecule has 8 nitrogen and oxygen atoms in total. The first-order valence-electron chi connectivity index (χ1n) is 9.90. The highest BCUT2D eigenvalue weighted by molar-refractivity contribution is 8.01. The second kappa shape index (κ2) is 11.7. The number of hydrogen-bond donors (Lipinski definition) is 1. The maximum Gasteiger partial charge on any atom is 0.284 e. The smallest absolute Gasteiger partial charge is 0.284 e. The highest BCUT2D eigenvalue weighted by atomic mass is 32.2. The Labute approximate surface area is 194 Å². The largest absolute Gasteiger partial charge is 0.379 e. The predicted octanol–water partition coefficient (Wildman–Crippen LogP) is 5.32. The fourth-order valence-corrected chi connectivity index (χ4v) is 4.63. The van der Waals surface area contributed by atoms with Gasteiger partial charge in [-0.1, -0.05) is 23.9 Å². The van der Waals surface area contributed by atoms with Crippen LogP contribution in [0.5, 0.6) is 0 Å². The number of nitrogens with zero attached hydrogens (tertiary/aromatic N) is 2. The fourth-order valence-electron chi connectivity index (χ4n) is 2.76. The van der Waals surface area contributed by atoms with Crippen LogP contribution >= 0.6 is 23.1 Å². The number of anilines is 1. The van der Waals surface area contributed by atoms with Crippen LogP contribution in [0.25, 0.3) is 0 Å². The number of amides is 1. The van der Waals surface area contributed by atoms with E-state index >= 15 is 0 Å². The fraction of sp³-hybridized carbons (Fsp3) is 0.273. The van der Waals surface area contributed by atoms with Crippen LogP contribution in [0.1, 0.15) is 28.5 Å². The van der Waals surface area contributed by atoms with Crippen molar-refractivity contribution in [1.29, 1.82) is 0 Å². The average molecular weight is 474 g/mol. The SMILES string of the molecule is CCOCCOCc1cccc(NC(=O)c2ccc(Sc3nc(C)cs3)c([N+](=O)[O-])c2)c1. The summed E-state index contributed by atoms with van der Waals surface area (Å²) in [6.45, 7) is 5.85. The van der Waals surface area contributed by atoms with Gasteiger partial charge in [0, 0.05) is 35.0 Å². The maximum absolute atomic E-state index is 12.7. The van der Waals surface area contributed by atoms with Crippen molar-refractivity contribution in [1.82, 2.24) is 4.98 Å². The number of benzene rings is 2. The average Bonchev–Trinajstić information content (AvgIpc) is 3.18. The maximum atomic E-state index is 12.7. The van der Waals surface area contributed by atoms with Gasteiger partial charge in [0.2, 0.25) is 0 Å². The molecule has 0 spiro atoms. The lowest BCUT2D eigenvalue weighted by molar-refractivity contribution is -0.387. The first kappa shape index (κ1) is 23.9. The van der Waals surface area contributed by atoms with E-state index in [1.165, 1.54) is 29.2 Å². The molecule has 32 heavy (non-hydrogen) atoms. The van der Waals surface area contributed by atoms with Crippen LogP contribution in [-0.4, -0.2) is 35.6 Å². The Morgan fingerprint density at radius 2 is 2.03 bits per heavy atom. The minimum Gasteiger partial charge on any atom is -0.379 e. The van der Waals surface area contributed by atoms with Gasteiger partial charge in [-0.15, -0.1) is 11.3 Å². The van der Waals surface area contributed by atoms with Crippen molar-refractivity contribution in [2.45, 2.75) is 29.7 Å². The van der Waals surface area contributed by atoms with Crippen LogP contribution in [0.4, 0.5) is 11.4 Å². The van der Waals surface area contributed by atoms with Gasteiger partial charge in [0.15, 0.2) is 4.34 Å². The minimum atomic E-state index is -0.486. The Kier molecular flexibility index (Phi) is 8.74. The number of carbonyl (C=O) groups is 1. The zero-order valence-electron chi connectivity index (χ0n) is 17.7. The Morgan fingerprint density at radius 1 is 1.22 bits per heavy atom. The van der Waals surface area contributed by atoms with Crippen molar-refractivity contribution >= 4 is 40.4 Å². The summed E-state index contributed by atoms with van der Waals surface area (Å²) in [6.07, 6.45) is 0. The van der Waals surface area contributed by atoms with Crippen molar-refractivity contribution in [3.63, 3.8) is 0 Å². The molecule has 0 radical (unpaired) electrons. The van der Waals surface area contributed by atoms with Crippen LogP contribution in [-0.2, 0) is 16.1 Å². The van der Waals surface area contributed by atoms with Crippen molar-refractivity contribution in [2.75, 3.05) is 25.1 Å². The van der Waals surface area contributed by atoms with E-state index in [9.17, 15) is 14.9 Å². The Hall–Kier alpha value is -2.79. The molecule has 1 amide bonds. The lowest BCUT2D eigenvalue weighted by Crippen LogP contribution is -2.12. The Morgan fingerprint density at radius 3 is 2.75 bits per heavy atom. The first-order valence-corrected chi connectivity index (χ1v) is 11.6. The standard InChI is InChI=1S/C22H23N3O5S2/c1-3-29-9-10-30-13-16-5-4-6-18(11-16)24-21(26)17-7-8-20(19(12-17)25(27)28)32-22-23-15(2)14-31-22/h4-8,11-12,14H,3,9-10,13H2,1-2H3,(H,24,26). The summed E-state index contributed by atoms with van der Waals surface area (Å²) in [6, 6.07) is 11.7. The quantitative estimate of drug-likeness (QED) is 0.228. The number of carbonyl (C=O) groups excluding carboxylic acids is 1. The van der Waals surface area contributed by atoms with Gasteiger partial charge in [-0.3, -0.25) is 14.9 Å². The molecule has 0 saturated carbocycles. The molecule has 0 aliphatic heterocycles. The third kappa shape index (κ3) is 6.86. The second-order valence-electron chi connectivity index (χ2n) is 6.70. The number of aromatic nitrogens is 1. The van der Waals surface area contributed by atoms with Gasteiger partial charge in [-0.2, -0.15) is 0 Å². The summed E-state index contributed by atoms with van der Waals surface area (Å²) in [5, 5.41) is 16.3. The van der Waals surface area contributed by atoms with E-state index in [4.69, 9.17) is 9.47 Å². The summed E-state index contributed by atoms with van der Waals surface area (Å²) in [5.74, 6) is -0.427. The Balaban J connectivity index is 1.67. The summed E-state index contributed by atoms with van der Waals surface area (Å²) in [4.78, 5) is 28.6. The summed E-state index contributed by atoms with van der Waals surface area (Å²) in [5.41, 5.74) is 2.41. The molecule has 0 aliphatic carbocycles.